The van der Waals surface area contributed by atoms with Crippen molar-refractivity contribution in [3.63, 3.8) is 0 Å². The van der Waals surface area contributed by atoms with Crippen LogP contribution in [0.15, 0.2) is 24.3 Å². The highest BCUT2D eigenvalue weighted by Gasteiger charge is 2.22. The maximum atomic E-state index is 12.1. The van der Waals surface area contributed by atoms with Gasteiger partial charge in [0.1, 0.15) is 6.54 Å². The number of carbonyl (C=O) groups is 2. The summed E-state index contributed by atoms with van der Waals surface area (Å²) in [4.78, 5) is 27.1. The minimum Gasteiger partial charge on any atom is -0.341 e. The smallest absolute Gasteiger partial charge is 0.242 e. The Bertz CT molecular complexity index is 484. The van der Waals surface area contributed by atoms with E-state index in [1.54, 1.807) is 29.2 Å². The third-order valence-corrected chi connectivity index (χ3v) is 3.49. The summed E-state index contributed by atoms with van der Waals surface area (Å²) in [5, 5.41) is 0.553. The zero-order valence-corrected chi connectivity index (χ0v) is 11.7. The van der Waals surface area contributed by atoms with Gasteiger partial charge in [-0.1, -0.05) is 17.7 Å². The molecule has 0 aromatic heterocycles. The molecule has 2 amide bonds. The minimum atomic E-state index is -0.158. The fraction of sp³-hybridized carbons (Fsp3) is 0.429. The number of nitrogens with zero attached hydrogens (tertiary/aromatic N) is 2. The summed E-state index contributed by atoms with van der Waals surface area (Å²) in [6.07, 6.45) is 2.09. The number of likely N-dealkylation sites (tertiary alicyclic amines) is 1. The van der Waals surface area contributed by atoms with Gasteiger partial charge in [0.2, 0.25) is 11.8 Å². The molecule has 0 N–H and O–H groups in total. The third-order valence-electron chi connectivity index (χ3n) is 3.25. The lowest BCUT2D eigenvalue weighted by atomic mass is 10.2. The summed E-state index contributed by atoms with van der Waals surface area (Å²) in [5.74, 6) is -0.164. The lowest BCUT2D eigenvalue weighted by molar-refractivity contribution is -0.130. The second-order valence-electron chi connectivity index (χ2n) is 4.67. The van der Waals surface area contributed by atoms with E-state index < -0.39 is 0 Å². The number of hydrogen-bond donors (Lipinski definition) is 0. The van der Waals surface area contributed by atoms with E-state index in [1.165, 1.54) is 11.8 Å². The van der Waals surface area contributed by atoms with Crippen LogP contribution in [0.1, 0.15) is 19.8 Å². The molecule has 102 valence electrons. The molecule has 0 unspecified atom stereocenters. The van der Waals surface area contributed by atoms with Gasteiger partial charge in [0.05, 0.1) is 0 Å². The van der Waals surface area contributed by atoms with Crippen LogP contribution in [0.25, 0.3) is 0 Å². The Labute approximate surface area is 117 Å². The van der Waals surface area contributed by atoms with Crippen LogP contribution in [0, 0.1) is 0 Å². The van der Waals surface area contributed by atoms with Crippen molar-refractivity contribution in [2.45, 2.75) is 19.8 Å². The van der Waals surface area contributed by atoms with Crippen molar-refractivity contribution in [3.05, 3.63) is 29.3 Å². The van der Waals surface area contributed by atoms with Crippen LogP contribution < -0.4 is 4.90 Å². The molecule has 19 heavy (non-hydrogen) atoms. The third kappa shape index (κ3) is 3.47. The molecular weight excluding hydrogens is 264 g/mol. The number of amides is 2. The van der Waals surface area contributed by atoms with E-state index in [4.69, 9.17) is 11.6 Å². The first-order valence-electron chi connectivity index (χ1n) is 6.39. The zero-order valence-electron chi connectivity index (χ0n) is 10.9. The first kappa shape index (κ1) is 13.9. The van der Waals surface area contributed by atoms with Gasteiger partial charge < -0.3 is 9.80 Å². The maximum Gasteiger partial charge on any atom is 0.242 e. The number of anilines is 1. The quantitative estimate of drug-likeness (QED) is 0.852. The molecule has 1 aromatic rings. The molecule has 0 bridgehead atoms. The van der Waals surface area contributed by atoms with E-state index in [0.717, 1.165) is 25.9 Å². The molecule has 0 spiro atoms. The highest BCUT2D eigenvalue weighted by atomic mass is 35.5. The molecule has 1 saturated heterocycles. The summed E-state index contributed by atoms with van der Waals surface area (Å²) < 4.78 is 0. The Balaban J connectivity index is 2.12. The van der Waals surface area contributed by atoms with Crippen LogP contribution in [0.5, 0.6) is 0 Å². The topological polar surface area (TPSA) is 40.6 Å². The molecule has 1 heterocycles. The van der Waals surface area contributed by atoms with Crippen molar-refractivity contribution in [2.75, 3.05) is 24.5 Å². The zero-order chi connectivity index (χ0) is 13.8. The van der Waals surface area contributed by atoms with Gasteiger partial charge in [0.15, 0.2) is 0 Å². The van der Waals surface area contributed by atoms with Crippen molar-refractivity contribution >= 4 is 29.1 Å². The van der Waals surface area contributed by atoms with E-state index in [-0.39, 0.29) is 18.4 Å². The predicted molar refractivity (Wildman–Crippen MR) is 75.3 cm³/mol. The van der Waals surface area contributed by atoms with Gasteiger partial charge in [-0.15, -0.1) is 0 Å². The summed E-state index contributed by atoms with van der Waals surface area (Å²) in [7, 11) is 0. The van der Waals surface area contributed by atoms with Crippen molar-refractivity contribution in [1.29, 1.82) is 0 Å². The molecule has 0 atom stereocenters. The fourth-order valence-electron chi connectivity index (χ4n) is 2.23. The maximum absolute atomic E-state index is 12.1. The lowest BCUT2D eigenvalue weighted by Gasteiger charge is -2.24. The second kappa shape index (κ2) is 6.06. The van der Waals surface area contributed by atoms with Crippen molar-refractivity contribution in [2.24, 2.45) is 0 Å². The highest BCUT2D eigenvalue weighted by Crippen LogP contribution is 2.20. The predicted octanol–water partition coefficient (Wildman–Crippen LogP) is 2.32. The number of benzene rings is 1. The monoisotopic (exact) mass is 280 g/mol. The van der Waals surface area contributed by atoms with Gasteiger partial charge >= 0.3 is 0 Å². The highest BCUT2D eigenvalue weighted by molar-refractivity contribution is 6.30. The van der Waals surface area contributed by atoms with Gasteiger partial charge in [-0.05, 0) is 31.0 Å². The lowest BCUT2D eigenvalue weighted by Crippen LogP contribution is -2.41. The van der Waals surface area contributed by atoms with E-state index in [9.17, 15) is 9.59 Å². The Morgan fingerprint density at radius 2 is 2.00 bits per heavy atom. The second-order valence-corrected chi connectivity index (χ2v) is 5.11. The Morgan fingerprint density at radius 3 is 2.58 bits per heavy atom. The van der Waals surface area contributed by atoms with E-state index >= 15 is 0 Å². The number of hydrogen-bond acceptors (Lipinski definition) is 2. The average molecular weight is 281 g/mol. The first-order chi connectivity index (χ1) is 9.08. The van der Waals surface area contributed by atoms with Crippen molar-refractivity contribution in [3.8, 4) is 0 Å². The van der Waals surface area contributed by atoms with Crippen LogP contribution in [-0.4, -0.2) is 36.3 Å². The van der Waals surface area contributed by atoms with E-state index in [2.05, 4.69) is 0 Å². The molecule has 0 saturated carbocycles. The van der Waals surface area contributed by atoms with E-state index in [0.29, 0.717) is 10.7 Å². The summed E-state index contributed by atoms with van der Waals surface area (Å²) >= 11 is 5.92. The fourth-order valence-corrected chi connectivity index (χ4v) is 2.41. The summed E-state index contributed by atoms with van der Waals surface area (Å²) in [5.41, 5.74) is 0.660. The molecule has 1 aliphatic heterocycles. The van der Waals surface area contributed by atoms with Crippen LogP contribution in [-0.2, 0) is 9.59 Å². The molecule has 2 rings (SSSR count). The molecule has 1 fully saturated rings. The van der Waals surface area contributed by atoms with Crippen LogP contribution in [0.3, 0.4) is 0 Å². The number of halogens is 1. The molecule has 4 nitrogen and oxygen atoms in total. The van der Waals surface area contributed by atoms with Crippen LogP contribution in [0.2, 0.25) is 5.02 Å². The summed E-state index contributed by atoms with van der Waals surface area (Å²) in [6.45, 7) is 3.12. The SMILES string of the molecule is CC(=O)N(CC(=O)N1CCCC1)c1cccc(Cl)c1. The normalized spacial score (nSPS) is 14.5. The molecule has 0 aliphatic carbocycles. The van der Waals surface area contributed by atoms with Gasteiger partial charge in [-0.3, -0.25) is 9.59 Å². The molecular formula is C14H17ClN2O2. The van der Waals surface area contributed by atoms with Crippen molar-refractivity contribution < 1.29 is 9.59 Å². The van der Waals surface area contributed by atoms with Gasteiger partial charge in [0, 0.05) is 30.7 Å². The standard InChI is InChI=1S/C14H17ClN2O2/c1-11(18)17(13-6-4-5-12(15)9-13)10-14(19)16-7-2-3-8-16/h4-6,9H,2-3,7-8,10H2,1H3. The van der Waals surface area contributed by atoms with Crippen LogP contribution >= 0.6 is 11.6 Å². The minimum absolute atomic E-state index is 0.00678. The Kier molecular flexibility index (Phi) is 4.43. The molecule has 5 heteroatoms. The van der Waals surface area contributed by atoms with Gasteiger partial charge in [0.25, 0.3) is 0 Å². The number of carbonyl (C=O) groups excluding carboxylic acids is 2. The van der Waals surface area contributed by atoms with Gasteiger partial charge in [-0.25, -0.2) is 0 Å². The van der Waals surface area contributed by atoms with Gasteiger partial charge in [-0.2, -0.15) is 0 Å². The Hall–Kier alpha value is -1.55. The largest absolute Gasteiger partial charge is 0.341 e. The summed E-state index contributed by atoms with van der Waals surface area (Å²) in [6, 6.07) is 6.99. The molecule has 0 radical (unpaired) electrons. The van der Waals surface area contributed by atoms with Crippen molar-refractivity contribution in [1.82, 2.24) is 4.90 Å². The first-order valence-corrected chi connectivity index (χ1v) is 6.77. The molecule has 1 aliphatic rings. The number of rotatable bonds is 3. The average Bonchev–Trinajstić information content (AvgIpc) is 2.89. The Morgan fingerprint density at radius 1 is 1.32 bits per heavy atom. The van der Waals surface area contributed by atoms with Crippen LogP contribution in [0.4, 0.5) is 5.69 Å². The van der Waals surface area contributed by atoms with E-state index in [1.807, 2.05) is 0 Å². The molecule has 1 aromatic carbocycles.